The van der Waals surface area contributed by atoms with Crippen LogP contribution in [0.25, 0.3) is 0 Å². The molecule has 0 spiro atoms. The van der Waals surface area contributed by atoms with E-state index in [1.165, 1.54) is 0 Å². The van der Waals surface area contributed by atoms with Crippen LogP contribution in [0.4, 0.5) is 0 Å². The van der Waals surface area contributed by atoms with E-state index in [1.807, 2.05) is 25.1 Å². The lowest BCUT2D eigenvalue weighted by Crippen LogP contribution is -2.31. The molecular formula is C14H18N2O. The number of hydrogen-bond donors (Lipinski definition) is 1. The summed E-state index contributed by atoms with van der Waals surface area (Å²) in [5.41, 5.74) is 7.54. The molecule has 0 aromatic heterocycles. The van der Waals surface area contributed by atoms with Crippen molar-refractivity contribution in [2.45, 2.75) is 44.8 Å². The Labute approximate surface area is 102 Å². The van der Waals surface area contributed by atoms with Crippen LogP contribution in [0.1, 0.15) is 36.8 Å². The lowest BCUT2D eigenvalue weighted by molar-refractivity contribution is 0.147. The summed E-state index contributed by atoms with van der Waals surface area (Å²) in [4.78, 5) is 0. The summed E-state index contributed by atoms with van der Waals surface area (Å²) in [7, 11) is 0. The second kappa shape index (κ2) is 5.20. The number of nitrogens with two attached hydrogens (primary N) is 1. The first-order chi connectivity index (χ1) is 8.19. The Kier molecular flexibility index (Phi) is 3.65. The molecule has 2 rings (SSSR count). The molecule has 0 saturated heterocycles. The van der Waals surface area contributed by atoms with Crippen molar-refractivity contribution >= 4 is 0 Å². The monoisotopic (exact) mass is 230 g/mol. The first-order valence-electron chi connectivity index (χ1n) is 6.12. The zero-order valence-electron chi connectivity index (χ0n) is 10.1. The standard InChI is InChI=1S/C14H18N2O/c1-10-8-14(5-2-11(10)9-15)17-13-6-3-12(16)4-7-13/h2,5,8,12-13H,3-4,6-7,16H2,1H3/t12-,13-. The molecule has 0 radical (unpaired) electrons. The van der Waals surface area contributed by atoms with Gasteiger partial charge in [-0.1, -0.05) is 0 Å². The van der Waals surface area contributed by atoms with Crippen molar-refractivity contribution in [3.8, 4) is 11.8 Å². The predicted octanol–water partition coefficient (Wildman–Crippen LogP) is 2.52. The van der Waals surface area contributed by atoms with Gasteiger partial charge in [-0.3, -0.25) is 0 Å². The van der Waals surface area contributed by atoms with Crippen molar-refractivity contribution in [3.63, 3.8) is 0 Å². The van der Waals surface area contributed by atoms with Gasteiger partial charge in [0.25, 0.3) is 0 Å². The summed E-state index contributed by atoms with van der Waals surface area (Å²) >= 11 is 0. The minimum absolute atomic E-state index is 0.280. The smallest absolute Gasteiger partial charge is 0.120 e. The van der Waals surface area contributed by atoms with Crippen molar-refractivity contribution in [3.05, 3.63) is 29.3 Å². The van der Waals surface area contributed by atoms with Gasteiger partial charge in [0.15, 0.2) is 0 Å². The number of benzene rings is 1. The van der Waals surface area contributed by atoms with Gasteiger partial charge in [0.1, 0.15) is 5.75 Å². The van der Waals surface area contributed by atoms with Crippen molar-refractivity contribution in [1.82, 2.24) is 0 Å². The SMILES string of the molecule is Cc1cc(O[C@H]2CC[C@H](N)CC2)ccc1C#N. The fourth-order valence-corrected chi connectivity index (χ4v) is 2.23. The molecule has 1 aliphatic rings. The quantitative estimate of drug-likeness (QED) is 0.849. The molecule has 1 aromatic carbocycles. The van der Waals surface area contributed by atoms with Crippen LogP contribution in [0.3, 0.4) is 0 Å². The van der Waals surface area contributed by atoms with Gasteiger partial charge < -0.3 is 10.5 Å². The molecule has 0 unspecified atom stereocenters. The first-order valence-corrected chi connectivity index (χ1v) is 6.12. The summed E-state index contributed by atoms with van der Waals surface area (Å²) in [6.45, 7) is 1.93. The molecule has 90 valence electrons. The second-order valence-corrected chi connectivity index (χ2v) is 4.74. The van der Waals surface area contributed by atoms with Crippen molar-refractivity contribution in [2.24, 2.45) is 5.73 Å². The minimum atomic E-state index is 0.280. The first kappa shape index (κ1) is 11.9. The van der Waals surface area contributed by atoms with Crippen LogP contribution in [-0.4, -0.2) is 12.1 Å². The topological polar surface area (TPSA) is 59.0 Å². The van der Waals surface area contributed by atoms with E-state index in [2.05, 4.69) is 6.07 Å². The van der Waals surface area contributed by atoms with Crippen molar-refractivity contribution < 1.29 is 4.74 Å². The Balaban J connectivity index is 2.00. The third kappa shape index (κ3) is 2.98. The molecule has 0 amide bonds. The normalized spacial score (nSPS) is 24.1. The van der Waals surface area contributed by atoms with Crippen LogP contribution < -0.4 is 10.5 Å². The number of nitriles is 1. The second-order valence-electron chi connectivity index (χ2n) is 4.74. The largest absolute Gasteiger partial charge is 0.490 e. The molecule has 1 fully saturated rings. The molecule has 3 nitrogen and oxygen atoms in total. The minimum Gasteiger partial charge on any atom is -0.490 e. The zero-order chi connectivity index (χ0) is 12.3. The van der Waals surface area contributed by atoms with Gasteiger partial charge in [-0.2, -0.15) is 5.26 Å². The van der Waals surface area contributed by atoms with E-state index in [-0.39, 0.29) is 6.10 Å². The van der Waals surface area contributed by atoms with Crippen molar-refractivity contribution in [2.75, 3.05) is 0 Å². The van der Waals surface area contributed by atoms with Crippen LogP contribution in [0.15, 0.2) is 18.2 Å². The molecule has 17 heavy (non-hydrogen) atoms. The third-order valence-electron chi connectivity index (χ3n) is 3.34. The van der Waals surface area contributed by atoms with Crippen LogP contribution >= 0.6 is 0 Å². The fraction of sp³-hybridized carbons (Fsp3) is 0.500. The molecule has 0 aliphatic heterocycles. The molecule has 2 N–H and O–H groups in total. The van der Waals surface area contributed by atoms with Crippen LogP contribution in [-0.2, 0) is 0 Å². The third-order valence-corrected chi connectivity index (χ3v) is 3.34. The maximum Gasteiger partial charge on any atom is 0.120 e. The van der Waals surface area contributed by atoms with E-state index in [4.69, 9.17) is 15.7 Å². The van der Waals surface area contributed by atoms with Gasteiger partial charge in [-0.05, 0) is 56.4 Å². The summed E-state index contributed by atoms with van der Waals surface area (Å²) in [6.07, 6.45) is 4.42. The lowest BCUT2D eigenvalue weighted by Gasteiger charge is -2.26. The lowest BCUT2D eigenvalue weighted by atomic mass is 9.94. The fourth-order valence-electron chi connectivity index (χ4n) is 2.23. The van der Waals surface area contributed by atoms with Crippen LogP contribution in [0, 0.1) is 18.3 Å². The van der Waals surface area contributed by atoms with Crippen LogP contribution in [0.5, 0.6) is 5.75 Å². The molecule has 1 aliphatic carbocycles. The summed E-state index contributed by atoms with van der Waals surface area (Å²) < 4.78 is 5.92. The average molecular weight is 230 g/mol. The Hall–Kier alpha value is -1.53. The zero-order valence-corrected chi connectivity index (χ0v) is 10.1. The van der Waals surface area contributed by atoms with Gasteiger partial charge in [0, 0.05) is 6.04 Å². The highest BCUT2D eigenvalue weighted by Gasteiger charge is 2.19. The molecule has 0 bridgehead atoms. The van der Waals surface area contributed by atoms with Gasteiger partial charge in [0.2, 0.25) is 0 Å². The van der Waals surface area contributed by atoms with Crippen molar-refractivity contribution in [1.29, 1.82) is 5.26 Å². The molecule has 1 aromatic rings. The number of nitrogens with zero attached hydrogens (tertiary/aromatic N) is 1. The number of aryl methyl sites for hydroxylation is 1. The summed E-state index contributed by atoms with van der Waals surface area (Å²) in [5.74, 6) is 0.863. The molecule has 1 saturated carbocycles. The molecule has 0 heterocycles. The number of hydrogen-bond acceptors (Lipinski definition) is 3. The maximum absolute atomic E-state index is 8.86. The van der Waals surface area contributed by atoms with E-state index in [9.17, 15) is 0 Å². The predicted molar refractivity (Wildman–Crippen MR) is 66.8 cm³/mol. The maximum atomic E-state index is 8.86. The number of ether oxygens (including phenoxy) is 1. The van der Waals surface area contributed by atoms with E-state index in [0.29, 0.717) is 11.6 Å². The summed E-state index contributed by atoms with van der Waals surface area (Å²) in [6, 6.07) is 8.14. The van der Waals surface area contributed by atoms with E-state index in [0.717, 1.165) is 37.0 Å². The number of rotatable bonds is 2. The molecular weight excluding hydrogens is 212 g/mol. The van der Waals surface area contributed by atoms with Crippen LogP contribution in [0.2, 0.25) is 0 Å². The van der Waals surface area contributed by atoms with Gasteiger partial charge in [-0.15, -0.1) is 0 Å². The highest BCUT2D eigenvalue weighted by Crippen LogP contribution is 2.24. The highest BCUT2D eigenvalue weighted by molar-refractivity contribution is 5.41. The van der Waals surface area contributed by atoms with E-state index >= 15 is 0 Å². The Morgan fingerprint density at radius 2 is 2.00 bits per heavy atom. The Morgan fingerprint density at radius 3 is 2.59 bits per heavy atom. The molecule has 0 atom stereocenters. The molecule has 3 heteroatoms. The van der Waals surface area contributed by atoms with Gasteiger partial charge in [-0.25, -0.2) is 0 Å². The summed E-state index contributed by atoms with van der Waals surface area (Å²) in [5, 5.41) is 8.86. The van der Waals surface area contributed by atoms with E-state index in [1.54, 1.807) is 0 Å². The van der Waals surface area contributed by atoms with Gasteiger partial charge >= 0.3 is 0 Å². The Morgan fingerprint density at radius 1 is 1.29 bits per heavy atom. The highest BCUT2D eigenvalue weighted by atomic mass is 16.5. The Bertz CT molecular complexity index is 428. The van der Waals surface area contributed by atoms with Gasteiger partial charge in [0.05, 0.1) is 17.7 Å². The van der Waals surface area contributed by atoms with E-state index < -0.39 is 0 Å². The average Bonchev–Trinajstić information content (AvgIpc) is 2.32.